The Labute approximate surface area is 119 Å². The highest BCUT2D eigenvalue weighted by atomic mass is 19.1. The number of phenolic OH excluding ortho intramolecular Hbond substituents is 1. The Morgan fingerprint density at radius 3 is 2.43 bits per heavy atom. The van der Waals surface area contributed by atoms with Crippen LogP contribution >= 0.6 is 0 Å². The number of carboxylic acids is 1. The van der Waals surface area contributed by atoms with Crippen LogP contribution in [0.1, 0.15) is 26.3 Å². The van der Waals surface area contributed by atoms with Gasteiger partial charge in [0, 0.05) is 5.56 Å². The van der Waals surface area contributed by atoms with Crippen molar-refractivity contribution in [3.8, 4) is 11.5 Å². The van der Waals surface area contributed by atoms with E-state index < -0.39 is 28.9 Å². The number of aromatic hydroxyl groups is 1. The average molecular weight is 290 g/mol. The van der Waals surface area contributed by atoms with E-state index in [4.69, 9.17) is 9.84 Å². The van der Waals surface area contributed by atoms with Crippen molar-refractivity contribution < 1.29 is 28.9 Å². The van der Waals surface area contributed by atoms with Crippen LogP contribution in [0.25, 0.3) is 0 Å². The summed E-state index contributed by atoms with van der Waals surface area (Å²) in [4.78, 5) is 23.2. The molecule has 0 amide bonds. The molecule has 0 aliphatic carbocycles. The molecule has 0 aromatic heterocycles. The van der Waals surface area contributed by atoms with Crippen LogP contribution in [0.15, 0.2) is 36.4 Å². The largest absolute Gasteiger partial charge is 0.507 e. The monoisotopic (exact) mass is 290 g/mol. The fourth-order valence-electron chi connectivity index (χ4n) is 1.86. The van der Waals surface area contributed by atoms with Crippen LogP contribution < -0.4 is 4.74 Å². The van der Waals surface area contributed by atoms with Crippen molar-refractivity contribution in [2.45, 2.75) is 0 Å². The third-order valence-corrected chi connectivity index (χ3v) is 2.90. The first kappa shape index (κ1) is 14.5. The maximum atomic E-state index is 14.1. The molecule has 0 atom stereocenters. The summed E-state index contributed by atoms with van der Waals surface area (Å²) >= 11 is 0. The standard InChI is InChI=1S/C15H11FO5/c1-21-11-6-5-10(17)12(13(11)16)14(18)8-3-2-4-9(7-8)15(19)20/h2-7,17H,1H3,(H,19,20). The van der Waals surface area contributed by atoms with Gasteiger partial charge in [0.15, 0.2) is 17.3 Å². The van der Waals surface area contributed by atoms with Gasteiger partial charge in [-0.05, 0) is 24.3 Å². The summed E-state index contributed by atoms with van der Waals surface area (Å²) in [5.74, 6) is -3.76. The van der Waals surface area contributed by atoms with Gasteiger partial charge < -0.3 is 14.9 Å². The van der Waals surface area contributed by atoms with Crippen LogP contribution in [0.3, 0.4) is 0 Å². The third kappa shape index (κ3) is 2.69. The molecule has 108 valence electrons. The first-order valence-corrected chi connectivity index (χ1v) is 5.89. The number of benzene rings is 2. The summed E-state index contributed by atoms with van der Waals surface area (Å²) in [5.41, 5.74) is -0.710. The minimum Gasteiger partial charge on any atom is -0.507 e. The Morgan fingerprint density at radius 1 is 1.14 bits per heavy atom. The second kappa shape index (κ2) is 5.62. The molecule has 2 aromatic rings. The molecule has 0 unspecified atom stereocenters. The summed E-state index contributed by atoms with van der Waals surface area (Å²) in [6.45, 7) is 0. The van der Waals surface area contributed by atoms with Gasteiger partial charge >= 0.3 is 5.97 Å². The quantitative estimate of drug-likeness (QED) is 0.845. The molecule has 0 spiro atoms. The number of carboxylic acid groups (broad SMARTS) is 1. The van der Waals surface area contributed by atoms with Gasteiger partial charge in [-0.2, -0.15) is 0 Å². The highest BCUT2D eigenvalue weighted by Gasteiger charge is 2.22. The summed E-state index contributed by atoms with van der Waals surface area (Å²) in [6, 6.07) is 7.45. The number of methoxy groups -OCH3 is 1. The van der Waals surface area contributed by atoms with E-state index in [0.717, 1.165) is 12.1 Å². The number of aromatic carboxylic acids is 1. The van der Waals surface area contributed by atoms with Crippen molar-refractivity contribution in [2.24, 2.45) is 0 Å². The van der Waals surface area contributed by atoms with E-state index in [2.05, 4.69) is 0 Å². The van der Waals surface area contributed by atoms with Crippen molar-refractivity contribution in [3.05, 3.63) is 58.9 Å². The average Bonchev–Trinajstić information content (AvgIpc) is 2.47. The number of hydrogen-bond donors (Lipinski definition) is 2. The molecule has 0 fully saturated rings. The third-order valence-electron chi connectivity index (χ3n) is 2.90. The Balaban J connectivity index is 2.55. The number of hydrogen-bond acceptors (Lipinski definition) is 4. The highest BCUT2D eigenvalue weighted by molar-refractivity contribution is 6.11. The summed E-state index contributed by atoms with van der Waals surface area (Å²) in [6.07, 6.45) is 0. The lowest BCUT2D eigenvalue weighted by molar-refractivity contribution is 0.0697. The number of rotatable bonds is 4. The molecule has 0 saturated carbocycles. The van der Waals surface area contributed by atoms with Gasteiger partial charge in [-0.15, -0.1) is 0 Å². The zero-order valence-corrected chi connectivity index (χ0v) is 11.0. The van der Waals surface area contributed by atoms with Crippen LogP contribution in [0.2, 0.25) is 0 Å². The van der Waals surface area contributed by atoms with E-state index in [1.165, 1.54) is 31.4 Å². The SMILES string of the molecule is COc1ccc(O)c(C(=O)c2cccc(C(=O)O)c2)c1F. The molecule has 0 heterocycles. The second-order valence-corrected chi connectivity index (χ2v) is 4.19. The Hall–Kier alpha value is -2.89. The smallest absolute Gasteiger partial charge is 0.335 e. The van der Waals surface area contributed by atoms with Crippen molar-refractivity contribution in [3.63, 3.8) is 0 Å². The number of halogens is 1. The van der Waals surface area contributed by atoms with Gasteiger partial charge in [0.2, 0.25) is 0 Å². The summed E-state index contributed by atoms with van der Waals surface area (Å²) in [5, 5.41) is 18.6. The van der Waals surface area contributed by atoms with E-state index in [1.807, 2.05) is 0 Å². The van der Waals surface area contributed by atoms with Crippen LogP contribution in [-0.4, -0.2) is 29.1 Å². The first-order chi connectivity index (χ1) is 9.95. The number of carbonyl (C=O) groups excluding carboxylic acids is 1. The molecule has 6 heteroatoms. The molecule has 0 aliphatic heterocycles. The molecule has 0 radical (unpaired) electrons. The lowest BCUT2D eigenvalue weighted by Crippen LogP contribution is -2.07. The second-order valence-electron chi connectivity index (χ2n) is 4.19. The van der Waals surface area contributed by atoms with Crippen molar-refractivity contribution in [1.82, 2.24) is 0 Å². The van der Waals surface area contributed by atoms with Gasteiger partial charge in [-0.3, -0.25) is 4.79 Å². The van der Waals surface area contributed by atoms with E-state index in [0.29, 0.717) is 0 Å². The molecule has 0 aliphatic rings. The molecule has 2 aromatic carbocycles. The number of phenols is 1. The van der Waals surface area contributed by atoms with Crippen molar-refractivity contribution in [2.75, 3.05) is 7.11 Å². The molecular formula is C15H11FO5. The number of carbonyl (C=O) groups is 2. The molecule has 2 N–H and O–H groups in total. The predicted octanol–water partition coefficient (Wildman–Crippen LogP) is 2.47. The lowest BCUT2D eigenvalue weighted by Gasteiger charge is -2.09. The fourth-order valence-corrected chi connectivity index (χ4v) is 1.86. The van der Waals surface area contributed by atoms with Crippen LogP contribution in [0.5, 0.6) is 11.5 Å². The Kier molecular flexibility index (Phi) is 3.89. The van der Waals surface area contributed by atoms with Gasteiger partial charge in [0.25, 0.3) is 0 Å². The first-order valence-electron chi connectivity index (χ1n) is 5.89. The molecule has 21 heavy (non-hydrogen) atoms. The Morgan fingerprint density at radius 2 is 1.81 bits per heavy atom. The van der Waals surface area contributed by atoms with E-state index >= 15 is 0 Å². The predicted molar refractivity (Wildman–Crippen MR) is 71.5 cm³/mol. The highest BCUT2D eigenvalue weighted by Crippen LogP contribution is 2.30. The van der Waals surface area contributed by atoms with E-state index in [-0.39, 0.29) is 16.9 Å². The summed E-state index contributed by atoms with van der Waals surface area (Å²) < 4.78 is 18.9. The zero-order chi connectivity index (χ0) is 15.6. The molecule has 0 saturated heterocycles. The molecule has 2 rings (SSSR count). The van der Waals surface area contributed by atoms with Crippen LogP contribution in [0.4, 0.5) is 4.39 Å². The van der Waals surface area contributed by atoms with Crippen molar-refractivity contribution >= 4 is 11.8 Å². The summed E-state index contributed by atoms with van der Waals surface area (Å²) in [7, 11) is 1.23. The minimum atomic E-state index is -1.21. The number of ketones is 1. The Bertz CT molecular complexity index is 724. The maximum absolute atomic E-state index is 14.1. The number of ether oxygens (including phenoxy) is 1. The van der Waals surface area contributed by atoms with Crippen molar-refractivity contribution in [1.29, 1.82) is 0 Å². The fraction of sp³-hybridized carbons (Fsp3) is 0.0667. The molecular weight excluding hydrogens is 279 g/mol. The minimum absolute atomic E-state index is 0.0441. The van der Waals surface area contributed by atoms with E-state index in [1.54, 1.807) is 0 Å². The van der Waals surface area contributed by atoms with Crippen LogP contribution in [-0.2, 0) is 0 Å². The molecule has 0 bridgehead atoms. The normalized spacial score (nSPS) is 10.2. The van der Waals surface area contributed by atoms with E-state index in [9.17, 15) is 19.1 Å². The molecule has 5 nitrogen and oxygen atoms in total. The van der Waals surface area contributed by atoms with Gasteiger partial charge in [-0.1, -0.05) is 12.1 Å². The van der Waals surface area contributed by atoms with Gasteiger partial charge in [-0.25, -0.2) is 9.18 Å². The lowest BCUT2D eigenvalue weighted by atomic mass is 9.99. The van der Waals surface area contributed by atoms with Gasteiger partial charge in [0.1, 0.15) is 11.3 Å². The van der Waals surface area contributed by atoms with Gasteiger partial charge in [0.05, 0.1) is 12.7 Å². The zero-order valence-electron chi connectivity index (χ0n) is 11.0. The maximum Gasteiger partial charge on any atom is 0.335 e. The van der Waals surface area contributed by atoms with Crippen LogP contribution in [0, 0.1) is 5.82 Å². The topological polar surface area (TPSA) is 83.8 Å².